The molecule has 0 spiro atoms. The van der Waals surface area contributed by atoms with Crippen molar-refractivity contribution in [3.63, 3.8) is 0 Å². The number of benzene rings is 1. The highest BCUT2D eigenvalue weighted by molar-refractivity contribution is 9.10. The maximum Gasteiger partial charge on any atom is 0.329 e. The number of nitrogens with zero attached hydrogens (tertiary/aromatic N) is 1. The highest BCUT2D eigenvalue weighted by Gasteiger charge is 2.37. The summed E-state index contributed by atoms with van der Waals surface area (Å²) in [5.74, 6) is -0.450. The molecule has 4 nitrogen and oxygen atoms in total. The van der Waals surface area contributed by atoms with Gasteiger partial charge in [0, 0.05) is 16.6 Å². The molecule has 1 atom stereocenters. The van der Waals surface area contributed by atoms with Gasteiger partial charge in [0.25, 0.3) is 5.91 Å². The Balaban J connectivity index is 2.22. The zero-order chi connectivity index (χ0) is 15.8. The van der Waals surface area contributed by atoms with Crippen LogP contribution in [0.4, 0.5) is 0 Å². The normalized spacial score (nSPS) is 15.9. The fourth-order valence-electron chi connectivity index (χ4n) is 2.43. The molecule has 1 amide bonds. The molecule has 0 N–H and O–H groups in total. The lowest BCUT2D eigenvalue weighted by molar-refractivity contribution is -0.160. The van der Waals surface area contributed by atoms with Gasteiger partial charge in [0.05, 0.1) is 0 Å². The van der Waals surface area contributed by atoms with E-state index in [0.717, 1.165) is 10.0 Å². The standard InChI is InChI=1S/C16H20BrNO3/c1-5-13(15(20)21-16(2,3)4)18-9-10-6-7-11(17)8-12(10)14(18)19/h6-8,13H,5,9H2,1-4H3/t13-/m1/s1. The van der Waals surface area contributed by atoms with Crippen LogP contribution in [-0.2, 0) is 16.1 Å². The van der Waals surface area contributed by atoms with E-state index in [4.69, 9.17) is 4.74 Å². The molecular formula is C16H20BrNO3. The number of fused-ring (bicyclic) bond motifs is 1. The third-order valence-electron chi connectivity index (χ3n) is 3.35. The van der Waals surface area contributed by atoms with Gasteiger partial charge in [0.1, 0.15) is 11.6 Å². The van der Waals surface area contributed by atoms with Crippen LogP contribution in [0, 0.1) is 0 Å². The number of rotatable bonds is 3. The summed E-state index contributed by atoms with van der Waals surface area (Å²) in [6, 6.07) is 5.09. The molecule has 0 unspecified atom stereocenters. The zero-order valence-electron chi connectivity index (χ0n) is 12.8. The minimum Gasteiger partial charge on any atom is -0.458 e. The first-order chi connectivity index (χ1) is 9.73. The molecule has 0 saturated carbocycles. The average molecular weight is 354 g/mol. The molecule has 1 aromatic rings. The van der Waals surface area contributed by atoms with Gasteiger partial charge in [-0.1, -0.05) is 28.9 Å². The number of hydrogen-bond acceptors (Lipinski definition) is 3. The Morgan fingerprint density at radius 2 is 2.10 bits per heavy atom. The fraction of sp³-hybridized carbons (Fsp3) is 0.500. The van der Waals surface area contributed by atoms with Gasteiger partial charge in [-0.15, -0.1) is 0 Å². The summed E-state index contributed by atoms with van der Waals surface area (Å²) in [6.45, 7) is 7.83. The number of halogens is 1. The van der Waals surface area contributed by atoms with E-state index < -0.39 is 11.6 Å². The topological polar surface area (TPSA) is 46.6 Å². The van der Waals surface area contributed by atoms with Crippen molar-refractivity contribution >= 4 is 27.8 Å². The van der Waals surface area contributed by atoms with Gasteiger partial charge in [-0.3, -0.25) is 4.79 Å². The lowest BCUT2D eigenvalue weighted by Gasteiger charge is -2.29. The van der Waals surface area contributed by atoms with E-state index in [1.165, 1.54) is 0 Å². The molecule has 1 heterocycles. The van der Waals surface area contributed by atoms with Gasteiger partial charge in [0.2, 0.25) is 0 Å². The third-order valence-corrected chi connectivity index (χ3v) is 3.84. The van der Waals surface area contributed by atoms with Crippen molar-refractivity contribution < 1.29 is 14.3 Å². The molecule has 0 aliphatic carbocycles. The molecular weight excluding hydrogens is 334 g/mol. The Kier molecular flexibility index (Phi) is 4.42. The molecule has 5 heteroatoms. The van der Waals surface area contributed by atoms with Crippen LogP contribution in [0.3, 0.4) is 0 Å². The number of ether oxygens (including phenoxy) is 1. The van der Waals surface area contributed by atoms with Crippen LogP contribution in [-0.4, -0.2) is 28.4 Å². The molecule has 0 radical (unpaired) electrons. The number of carbonyl (C=O) groups excluding carboxylic acids is 2. The molecule has 1 aliphatic heterocycles. The van der Waals surface area contributed by atoms with E-state index >= 15 is 0 Å². The predicted octanol–water partition coefficient (Wildman–Crippen LogP) is 3.53. The first-order valence-electron chi connectivity index (χ1n) is 7.05. The molecule has 0 aromatic heterocycles. The van der Waals surface area contributed by atoms with Crippen molar-refractivity contribution in [3.8, 4) is 0 Å². The Hall–Kier alpha value is -1.36. The first kappa shape index (κ1) is 16.0. The van der Waals surface area contributed by atoms with Gasteiger partial charge in [0.15, 0.2) is 0 Å². The largest absolute Gasteiger partial charge is 0.458 e. The average Bonchev–Trinajstić information content (AvgIpc) is 2.66. The summed E-state index contributed by atoms with van der Waals surface area (Å²) < 4.78 is 6.29. The molecule has 2 rings (SSSR count). The summed E-state index contributed by atoms with van der Waals surface area (Å²) in [6.07, 6.45) is 0.538. The summed E-state index contributed by atoms with van der Waals surface area (Å²) in [4.78, 5) is 26.4. The Labute approximate surface area is 133 Å². The van der Waals surface area contributed by atoms with E-state index in [0.29, 0.717) is 18.5 Å². The van der Waals surface area contributed by atoms with Crippen LogP contribution < -0.4 is 0 Å². The second-order valence-corrected chi connectivity index (χ2v) is 7.11. The van der Waals surface area contributed by atoms with E-state index in [-0.39, 0.29) is 11.9 Å². The van der Waals surface area contributed by atoms with E-state index in [1.54, 1.807) is 11.0 Å². The monoisotopic (exact) mass is 353 g/mol. The number of esters is 1. The number of amides is 1. The lowest BCUT2D eigenvalue weighted by Crippen LogP contribution is -2.44. The molecule has 1 aliphatic rings. The maximum absolute atomic E-state index is 12.5. The van der Waals surface area contributed by atoms with Crippen molar-refractivity contribution in [2.45, 2.75) is 52.3 Å². The van der Waals surface area contributed by atoms with Crippen molar-refractivity contribution in [3.05, 3.63) is 33.8 Å². The summed E-state index contributed by atoms with van der Waals surface area (Å²) in [7, 11) is 0. The number of carbonyl (C=O) groups is 2. The van der Waals surface area contributed by atoms with Crippen LogP contribution in [0.1, 0.15) is 50.0 Å². The Morgan fingerprint density at radius 3 is 2.67 bits per heavy atom. The third kappa shape index (κ3) is 3.46. The smallest absolute Gasteiger partial charge is 0.329 e. The van der Waals surface area contributed by atoms with Crippen LogP contribution in [0.25, 0.3) is 0 Å². The van der Waals surface area contributed by atoms with Gasteiger partial charge in [-0.2, -0.15) is 0 Å². The minimum atomic E-state index is -0.552. The first-order valence-corrected chi connectivity index (χ1v) is 7.84. The zero-order valence-corrected chi connectivity index (χ0v) is 14.4. The van der Waals surface area contributed by atoms with Gasteiger partial charge < -0.3 is 9.64 Å². The highest BCUT2D eigenvalue weighted by Crippen LogP contribution is 2.29. The van der Waals surface area contributed by atoms with E-state index in [2.05, 4.69) is 15.9 Å². The van der Waals surface area contributed by atoms with Crippen molar-refractivity contribution in [2.24, 2.45) is 0 Å². The second-order valence-electron chi connectivity index (χ2n) is 6.19. The maximum atomic E-state index is 12.5. The van der Waals surface area contributed by atoms with Crippen molar-refractivity contribution in [1.82, 2.24) is 4.90 Å². The lowest BCUT2D eigenvalue weighted by atomic mass is 10.1. The molecule has 0 fully saturated rings. The van der Waals surface area contributed by atoms with Crippen LogP contribution >= 0.6 is 15.9 Å². The highest BCUT2D eigenvalue weighted by atomic mass is 79.9. The molecule has 114 valence electrons. The Morgan fingerprint density at radius 1 is 1.43 bits per heavy atom. The van der Waals surface area contributed by atoms with Gasteiger partial charge >= 0.3 is 5.97 Å². The molecule has 21 heavy (non-hydrogen) atoms. The molecule has 0 bridgehead atoms. The molecule has 0 saturated heterocycles. The predicted molar refractivity (Wildman–Crippen MR) is 83.9 cm³/mol. The SMILES string of the molecule is CC[C@H](C(=O)OC(C)(C)C)N1Cc2ccc(Br)cc2C1=O. The molecule has 1 aromatic carbocycles. The van der Waals surface area contributed by atoms with Crippen molar-refractivity contribution in [1.29, 1.82) is 0 Å². The van der Waals surface area contributed by atoms with Gasteiger partial charge in [-0.05, 0) is 44.9 Å². The minimum absolute atomic E-state index is 0.107. The van der Waals surface area contributed by atoms with E-state index in [1.807, 2.05) is 39.8 Å². The number of hydrogen-bond donors (Lipinski definition) is 0. The summed E-state index contributed by atoms with van der Waals surface area (Å²) in [5, 5.41) is 0. The summed E-state index contributed by atoms with van der Waals surface area (Å²) >= 11 is 3.37. The van der Waals surface area contributed by atoms with E-state index in [9.17, 15) is 9.59 Å². The quantitative estimate of drug-likeness (QED) is 0.781. The fourth-order valence-corrected chi connectivity index (χ4v) is 2.79. The van der Waals surface area contributed by atoms with Crippen LogP contribution in [0.5, 0.6) is 0 Å². The van der Waals surface area contributed by atoms with Crippen LogP contribution in [0.15, 0.2) is 22.7 Å². The second kappa shape index (κ2) is 5.79. The van der Waals surface area contributed by atoms with Crippen molar-refractivity contribution in [2.75, 3.05) is 0 Å². The Bertz CT molecular complexity index is 577. The van der Waals surface area contributed by atoms with Gasteiger partial charge in [-0.25, -0.2) is 4.79 Å². The van der Waals surface area contributed by atoms with Crippen LogP contribution in [0.2, 0.25) is 0 Å². The summed E-state index contributed by atoms with van der Waals surface area (Å²) in [5.41, 5.74) is 1.06.